The van der Waals surface area contributed by atoms with Gasteiger partial charge in [-0.05, 0) is 37.1 Å². The van der Waals surface area contributed by atoms with Crippen LogP contribution < -0.4 is 0 Å². The maximum absolute atomic E-state index is 13.0. The average Bonchev–Trinajstić information content (AvgIpc) is 2.28. The molecule has 1 aromatic carbocycles. The van der Waals surface area contributed by atoms with Gasteiger partial charge in [-0.2, -0.15) is 0 Å². The van der Waals surface area contributed by atoms with Crippen molar-refractivity contribution >= 4 is 5.78 Å². The van der Waals surface area contributed by atoms with Gasteiger partial charge in [0.25, 0.3) is 0 Å². The smallest absolute Gasteiger partial charge is 0.162 e. The fraction of sp³-hybridized carbons (Fsp3) is 0.500. The predicted octanol–water partition coefficient (Wildman–Crippen LogP) is 4.29. The molecule has 1 rings (SSSR count). The van der Waals surface area contributed by atoms with E-state index < -0.39 is 0 Å². The number of rotatable bonds is 6. The zero-order valence-corrected chi connectivity index (χ0v) is 10.1. The van der Waals surface area contributed by atoms with Crippen molar-refractivity contribution in [2.75, 3.05) is 0 Å². The minimum atomic E-state index is -0.248. The summed E-state index contributed by atoms with van der Waals surface area (Å²) in [5, 5.41) is 0. The van der Waals surface area contributed by atoms with Crippen molar-refractivity contribution in [3.05, 3.63) is 35.1 Å². The van der Waals surface area contributed by atoms with Crippen LogP contribution in [-0.4, -0.2) is 5.78 Å². The van der Waals surface area contributed by atoms with E-state index in [0.29, 0.717) is 17.5 Å². The van der Waals surface area contributed by atoms with Crippen molar-refractivity contribution in [2.24, 2.45) is 0 Å². The molecule has 0 N–H and O–H groups in total. The molecule has 0 saturated heterocycles. The van der Waals surface area contributed by atoms with Gasteiger partial charge in [0.15, 0.2) is 5.78 Å². The summed E-state index contributed by atoms with van der Waals surface area (Å²) >= 11 is 0. The van der Waals surface area contributed by atoms with E-state index >= 15 is 0 Å². The fourth-order valence-corrected chi connectivity index (χ4v) is 1.67. The van der Waals surface area contributed by atoms with Crippen LogP contribution in [0.1, 0.15) is 54.9 Å². The number of Topliss-reactive ketones (excluding diaryl/α,β-unsaturated/α-hetero) is 1. The van der Waals surface area contributed by atoms with E-state index in [1.54, 1.807) is 19.1 Å². The van der Waals surface area contributed by atoms with Crippen LogP contribution in [0.2, 0.25) is 0 Å². The molecule has 0 aliphatic rings. The van der Waals surface area contributed by atoms with E-state index in [9.17, 15) is 9.18 Å². The molecule has 16 heavy (non-hydrogen) atoms. The van der Waals surface area contributed by atoms with Crippen molar-refractivity contribution in [3.8, 4) is 0 Å². The molecule has 88 valence electrons. The highest BCUT2D eigenvalue weighted by Crippen LogP contribution is 2.13. The summed E-state index contributed by atoms with van der Waals surface area (Å²) in [6, 6.07) is 4.58. The van der Waals surface area contributed by atoms with Crippen molar-refractivity contribution in [1.82, 2.24) is 0 Å². The molecule has 0 aromatic heterocycles. The van der Waals surface area contributed by atoms with Gasteiger partial charge >= 0.3 is 0 Å². The van der Waals surface area contributed by atoms with Gasteiger partial charge in [0, 0.05) is 12.0 Å². The van der Waals surface area contributed by atoms with Gasteiger partial charge in [0.05, 0.1) is 0 Å². The normalized spacial score (nSPS) is 10.4. The molecule has 1 nitrogen and oxygen atoms in total. The predicted molar refractivity (Wildman–Crippen MR) is 64.2 cm³/mol. The number of hydrogen-bond donors (Lipinski definition) is 0. The number of halogens is 1. The number of ketones is 1. The van der Waals surface area contributed by atoms with E-state index in [-0.39, 0.29) is 11.6 Å². The zero-order valence-electron chi connectivity index (χ0n) is 10.1. The topological polar surface area (TPSA) is 17.1 Å². The van der Waals surface area contributed by atoms with E-state index in [0.717, 1.165) is 12.8 Å². The molecule has 0 atom stereocenters. The summed E-state index contributed by atoms with van der Waals surface area (Å²) < 4.78 is 13.0. The molecule has 0 aliphatic heterocycles. The van der Waals surface area contributed by atoms with Crippen LogP contribution in [0.15, 0.2) is 18.2 Å². The SMILES string of the molecule is CCCCCCC(=O)c1ccc(F)c(C)c1. The van der Waals surface area contributed by atoms with Crippen molar-refractivity contribution in [1.29, 1.82) is 0 Å². The quantitative estimate of drug-likeness (QED) is 0.518. The maximum Gasteiger partial charge on any atom is 0.162 e. The molecular weight excluding hydrogens is 203 g/mol. The summed E-state index contributed by atoms with van der Waals surface area (Å²) in [6.45, 7) is 3.83. The van der Waals surface area contributed by atoms with Crippen molar-refractivity contribution in [3.63, 3.8) is 0 Å². The van der Waals surface area contributed by atoms with Crippen molar-refractivity contribution < 1.29 is 9.18 Å². The Hall–Kier alpha value is -1.18. The number of hydrogen-bond acceptors (Lipinski definition) is 1. The number of carbonyl (C=O) groups excluding carboxylic acids is 1. The molecule has 0 unspecified atom stereocenters. The monoisotopic (exact) mass is 222 g/mol. The average molecular weight is 222 g/mol. The Morgan fingerprint density at radius 3 is 2.62 bits per heavy atom. The zero-order chi connectivity index (χ0) is 12.0. The van der Waals surface area contributed by atoms with Gasteiger partial charge in [0.2, 0.25) is 0 Å². The Bertz CT molecular complexity index is 358. The fourth-order valence-electron chi connectivity index (χ4n) is 1.67. The Morgan fingerprint density at radius 2 is 2.00 bits per heavy atom. The Kier molecular flexibility index (Phi) is 5.17. The lowest BCUT2D eigenvalue weighted by Gasteiger charge is -2.03. The van der Waals surface area contributed by atoms with Gasteiger partial charge in [-0.15, -0.1) is 0 Å². The van der Waals surface area contributed by atoms with Crippen LogP contribution in [0.3, 0.4) is 0 Å². The molecule has 0 radical (unpaired) electrons. The first kappa shape index (κ1) is 12.9. The largest absolute Gasteiger partial charge is 0.294 e. The first-order valence-electron chi connectivity index (χ1n) is 5.94. The number of aryl methyl sites for hydroxylation is 1. The highest BCUT2D eigenvalue weighted by molar-refractivity contribution is 5.96. The third-order valence-electron chi connectivity index (χ3n) is 2.74. The molecular formula is C14H19FO. The highest BCUT2D eigenvalue weighted by Gasteiger charge is 2.07. The third kappa shape index (κ3) is 3.76. The molecule has 1 aromatic rings. The highest BCUT2D eigenvalue weighted by atomic mass is 19.1. The van der Waals surface area contributed by atoms with E-state index in [1.165, 1.54) is 18.9 Å². The summed E-state index contributed by atoms with van der Waals surface area (Å²) in [7, 11) is 0. The molecule has 0 heterocycles. The molecule has 0 bridgehead atoms. The van der Waals surface area contributed by atoms with Crippen molar-refractivity contribution in [2.45, 2.75) is 46.0 Å². The van der Waals surface area contributed by atoms with E-state index in [2.05, 4.69) is 6.92 Å². The second-order valence-electron chi connectivity index (χ2n) is 4.20. The summed E-state index contributed by atoms with van der Waals surface area (Å²) in [5.74, 6) is -0.123. The number of benzene rings is 1. The van der Waals surface area contributed by atoms with Gasteiger partial charge < -0.3 is 0 Å². The molecule has 2 heteroatoms. The number of unbranched alkanes of at least 4 members (excludes halogenated alkanes) is 3. The van der Waals surface area contributed by atoms with E-state index in [4.69, 9.17) is 0 Å². The Labute approximate surface area is 96.7 Å². The first-order chi connectivity index (χ1) is 7.65. The summed E-state index contributed by atoms with van der Waals surface area (Å²) in [5.41, 5.74) is 1.18. The summed E-state index contributed by atoms with van der Waals surface area (Å²) in [4.78, 5) is 11.7. The minimum Gasteiger partial charge on any atom is -0.294 e. The third-order valence-corrected chi connectivity index (χ3v) is 2.74. The molecule has 0 saturated carbocycles. The Balaban J connectivity index is 2.50. The first-order valence-corrected chi connectivity index (χ1v) is 5.94. The molecule has 0 fully saturated rings. The van der Waals surface area contributed by atoms with Gasteiger partial charge in [-0.25, -0.2) is 4.39 Å². The van der Waals surface area contributed by atoms with Crippen LogP contribution in [0.4, 0.5) is 4.39 Å². The van der Waals surface area contributed by atoms with Crippen LogP contribution >= 0.6 is 0 Å². The lowest BCUT2D eigenvalue weighted by atomic mass is 10.0. The maximum atomic E-state index is 13.0. The van der Waals surface area contributed by atoms with Gasteiger partial charge in [-0.1, -0.05) is 26.2 Å². The van der Waals surface area contributed by atoms with Crippen LogP contribution in [-0.2, 0) is 0 Å². The van der Waals surface area contributed by atoms with Gasteiger partial charge in [-0.3, -0.25) is 4.79 Å². The van der Waals surface area contributed by atoms with Crippen LogP contribution in [0.25, 0.3) is 0 Å². The van der Waals surface area contributed by atoms with Crippen LogP contribution in [0.5, 0.6) is 0 Å². The van der Waals surface area contributed by atoms with Gasteiger partial charge in [0.1, 0.15) is 5.82 Å². The number of carbonyl (C=O) groups is 1. The summed E-state index contributed by atoms with van der Waals surface area (Å²) in [6.07, 6.45) is 4.95. The second kappa shape index (κ2) is 6.41. The minimum absolute atomic E-state index is 0.124. The Morgan fingerprint density at radius 1 is 1.25 bits per heavy atom. The molecule has 0 amide bonds. The standard InChI is InChI=1S/C14H19FO/c1-3-4-5-6-7-14(16)12-8-9-13(15)11(2)10-12/h8-10H,3-7H2,1-2H3. The molecule has 0 aliphatic carbocycles. The van der Waals surface area contributed by atoms with E-state index in [1.807, 2.05) is 0 Å². The second-order valence-corrected chi connectivity index (χ2v) is 4.20. The van der Waals surface area contributed by atoms with Crippen LogP contribution in [0, 0.1) is 12.7 Å². The molecule has 0 spiro atoms. The lowest BCUT2D eigenvalue weighted by Crippen LogP contribution is -2.00. The lowest BCUT2D eigenvalue weighted by molar-refractivity contribution is 0.0979.